The highest BCUT2D eigenvalue weighted by Crippen LogP contribution is 2.16. The lowest BCUT2D eigenvalue weighted by molar-refractivity contribution is 0.145. The number of rotatable bonds is 6. The lowest BCUT2D eigenvalue weighted by Gasteiger charge is -2.08. The van der Waals surface area contributed by atoms with Crippen molar-refractivity contribution in [3.63, 3.8) is 0 Å². The Morgan fingerprint density at radius 1 is 1.41 bits per heavy atom. The van der Waals surface area contributed by atoms with Crippen molar-refractivity contribution in [1.29, 1.82) is 0 Å². The minimum Gasteiger partial charge on any atom is -0.493 e. The number of aliphatic hydroxyl groups is 1. The fraction of sp³-hybridized carbons (Fsp3) is 0.400. The maximum absolute atomic E-state index is 10.9. The van der Waals surface area contributed by atoms with Gasteiger partial charge in [-0.3, -0.25) is 4.72 Å². The van der Waals surface area contributed by atoms with Gasteiger partial charge in [-0.2, -0.15) is 0 Å². The van der Waals surface area contributed by atoms with Gasteiger partial charge in [0.05, 0.1) is 12.9 Å². The van der Waals surface area contributed by atoms with Gasteiger partial charge in [-0.25, -0.2) is 8.42 Å². The van der Waals surface area contributed by atoms with Crippen molar-refractivity contribution in [3.8, 4) is 5.75 Å². The largest absolute Gasteiger partial charge is 0.493 e. The molecule has 1 atom stereocenters. The second-order valence-electron chi connectivity index (χ2n) is 3.60. The predicted molar refractivity (Wildman–Crippen MR) is 65.2 cm³/mol. The minimum atomic E-state index is -3.26. The van der Waals surface area contributed by atoms with Crippen LogP contribution in [0.2, 0.25) is 0 Å². The van der Waals surface area contributed by atoms with Crippen LogP contribution in [0.15, 0.2) is 24.3 Å². The molecule has 0 saturated carbocycles. The summed E-state index contributed by atoms with van der Waals surface area (Å²) >= 11 is 0. The highest BCUT2D eigenvalue weighted by molar-refractivity contribution is 7.92. The van der Waals surface area contributed by atoms with Gasteiger partial charge >= 0.3 is 0 Å². The molecule has 17 heavy (non-hydrogen) atoms. The molecular weight excluding hydrogens is 244 g/mol. The van der Waals surface area contributed by atoms with Crippen LogP contribution in [-0.4, -0.2) is 32.6 Å². The smallest absolute Gasteiger partial charge is 0.229 e. The van der Waals surface area contributed by atoms with Gasteiger partial charge in [0.25, 0.3) is 0 Å². The number of anilines is 1. The van der Waals surface area contributed by atoms with Crippen molar-refractivity contribution in [1.82, 2.24) is 0 Å². The van der Waals surface area contributed by atoms with E-state index in [4.69, 9.17) is 15.6 Å². The zero-order valence-electron chi connectivity index (χ0n) is 9.46. The third-order valence-electron chi connectivity index (χ3n) is 1.84. The van der Waals surface area contributed by atoms with E-state index < -0.39 is 16.3 Å². The summed E-state index contributed by atoms with van der Waals surface area (Å²) in [6.45, 7) is 0.302. The second-order valence-corrected chi connectivity index (χ2v) is 5.35. The average molecular weight is 260 g/mol. The van der Waals surface area contributed by atoms with Crippen LogP contribution in [-0.2, 0) is 10.0 Å². The van der Waals surface area contributed by atoms with Gasteiger partial charge in [0, 0.05) is 12.1 Å². The average Bonchev–Trinajstić information content (AvgIpc) is 2.18. The summed E-state index contributed by atoms with van der Waals surface area (Å²) in [6, 6.07) is 6.46. The first-order chi connectivity index (χ1) is 7.87. The molecular formula is C10H16N2O4S. The molecule has 1 aromatic carbocycles. The predicted octanol–water partition coefficient (Wildman–Crippen LogP) is 0.104. The topological polar surface area (TPSA) is 102 Å². The van der Waals surface area contributed by atoms with E-state index >= 15 is 0 Å². The molecule has 1 rings (SSSR count). The number of sulfonamides is 1. The van der Waals surface area contributed by atoms with Crippen molar-refractivity contribution in [2.24, 2.45) is 5.73 Å². The summed E-state index contributed by atoms with van der Waals surface area (Å²) < 4.78 is 29.5. The van der Waals surface area contributed by atoms with Gasteiger partial charge in [-0.15, -0.1) is 0 Å². The Morgan fingerprint density at radius 3 is 2.47 bits per heavy atom. The number of nitrogens with one attached hydrogen (secondary N) is 1. The van der Waals surface area contributed by atoms with E-state index in [0.29, 0.717) is 24.5 Å². The number of aliphatic hydroxyl groups excluding tert-OH is 1. The standard InChI is InChI=1S/C10H16N2O4S/c1-17(14,15)12-8-2-4-9(5-3-8)16-7-6-10(11)13/h2-5,10,12-13H,6-7,11H2,1H3. The van der Waals surface area contributed by atoms with E-state index in [1.54, 1.807) is 24.3 Å². The fourth-order valence-electron chi connectivity index (χ4n) is 1.13. The van der Waals surface area contributed by atoms with Crippen LogP contribution in [0.1, 0.15) is 6.42 Å². The SMILES string of the molecule is CS(=O)(=O)Nc1ccc(OCCC(N)O)cc1. The molecule has 0 aliphatic carbocycles. The first-order valence-corrected chi connectivity index (χ1v) is 6.90. The second kappa shape index (κ2) is 5.85. The first-order valence-electron chi connectivity index (χ1n) is 5.01. The zero-order chi connectivity index (χ0) is 12.9. The Morgan fingerprint density at radius 2 is 2.00 bits per heavy atom. The lowest BCUT2D eigenvalue weighted by Crippen LogP contribution is -2.21. The molecule has 0 bridgehead atoms. The summed E-state index contributed by atoms with van der Waals surface area (Å²) in [6.07, 6.45) is 0.532. The molecule has 6 nitrogen and oxygen atoms in total. The molecule has 4 N–H and O–H groups in total. The Bertz CT molecular complexity index is 442. The number of ether oxygens (including phenoxy) is 1. The third kappa shape index (κ3) is 6.10. The van der Waals surface area contributed by atoms with Gasteiger partial charge in [0.15, 0.2) is 0 Å². The molecule has 1 unspecified atom stereocenters. The van der Waals surface area contributed by atoms with E-state index in [0.717, 1.165) is 6.26 Å². The molecule has 96 valence electrons. The molecule has 0 aliphatic rings. The first kappa shape index (κ1) is 13.8. The zero-order valence-corrected chi connectivity index (χ0v) is 10.3. The molecule has 0 fully saturated rings. The summed E-state index contributed by atoms with van der Waals surface area (Å²) in [4.78, 5) is 0. The number of hydrogen-bond acceptors (Lipinski definition) is 5. The number of nitrogens with two attached hydrogens (primary N) is 1. The van der Waals surface area contributed by atoms with Crippen LogP contribution in [0.5, 0.6) is 5.75 Å². The van der Waals surface area contributed by atoms with Crippen LogP contribution in [0.4, 0.5) is 5.69 Å². The van der Waals surface area contributed by atoms with Crippen molar-refractivity contribution in [3.05, 3.63) is 24.3 Å². The quantitative estimate of drug-likeness (QED) is 0.630. The lowest BCUT2D eigenvalue weighted by atomic mass is 10.3. The molecule has 0 heterocycles. The van der Waals surface area contributed by atoms with Crippen LogP contribution in [0, 0.1) is 0 Å². The van der Waals surface area contributed by atoms with Crippen LogP contribution in [0.3, 0.4) is 0 Å². The van der Waals surface area contributed by atoms with E-state index in [1.807, 2.05) is 0 Å². The highest BCUT2D eigenvalue weighted by atomic mass is 32.2. The number of benzene rings is 1. The van der Waals surface area contributed by atoms with Crippen molar-refractivity contribution < 1.29 is 18.3 Å². The van der Waals surface area contributed by atoms with Gasteiger partial charge in [-0.1, -0.05) is 0 Å². The van der Waals surface area contributed by atoms with Gasteiger partial charge in [-0.05, 0) is 24.3 Å². The maximum atomic E-state index is 10.9. The van der Waals surface area contributed by atoms with E-state index in [2.05, 4.69) is 4.72 Å². The number of hydrogen-bond donors (Lipinski definition) is 3. The van der Waals surface area contributed by atoms with E-state index in [1.165, 1.54) is 0 Å². The fourth-order valence-corrected chi connectivity index (χ4v) is 1.70. The van der Waals surface area contributed by atoms with Crippen LogP contribution >= 0.6 is 0 Å². The highest BCUT2D eigenvalue weighted by Gasteiger charge is 2.02. The molecule has 0 saturated heterocycles. The Hall–Kier alpha value is -1.31. The summed E-state index contributed by atoms with van der Waals surface area (Å²) in [5.41, 5.74) is 5.62. The Labute approximate surface area is 100 Å². The molecule has 0 aliphatic heterocycles. The Balaban J connectivity index is 2.50. The van der Waals surface area contributed by atoms with Gasteiger partial charge < -0.3 is 15.6 Å². The summed E-state index contributed by atoms with van der Waals surface area (Å²) in [5, 5.41) is 8.82. The molecule has 1 aromatic rings. The van der Waals surface area contributed by atoms with Gasteiger partial charge in [0.2, 0.25) is 10.0 Å². The van der Waals surface area contributed by atoms with Crippen molar-refractivity contribution >= 4 is 15.7 Å². The van der Waals surface area contributed by atoms with Crippen LogP contribution in [0.25, 0.3) is 0 Å². The monoisotopic (exact) mass is 260 g/mol. The molecule has 0 radical (unpaired) electrons. The minimum absolute atomic E-state index is 0.302. The van der Waals surface area contributed by atoms with Crippen molar-refractivity contribution in [2.45, 2.75) is 12.6 Å². The summed E-state index contributed by atoms with van der Waals surface area (Å²) in [5.74, 6) is 0.588. The van der Waals surface area contributed by atoms with Crippen LogP contribution < -0.4 is 15.2 Å². The normalized spacial score (nSPS) is 13.1. The van der Waals surface area contributed by atoms with E-state index in [9.17, 15) is 8.42 Å². The third-order valence-corrected chi connectivity index (χ3v) is 2.45. The molecule has 0 spiro atoms. The van der Waals surface area contributed by atoms with E-state index in [-0.39, 0.29) is 0 Å². The van der Waals surface area contributed by atoms with Gasteiger partial charge in [0.1, 0.15) is 12.0 Å². The Kier molecular flexibility index (Phi) is 4.73. The maximum Gasteiger partial charge on any atom is 0.229 e. The molecule has 0 amide bonds. The van der Waals surface area contributed by atoms with Crippen molar-refractivity contribution in [2.75, 3.05) is 17.6 Å². The molecule has 0 aromatic heterocycles. The summed E-state index contributed by atoms with van der Waals surface area (Å²) in [7, 11) is -3.26. The molecule has 7 heteroatoms.